The standard InChI is InChI=1S/C23H26N6O2/c1-14(2)12-18(22-25-16-10-6-7-11-17(16)26-22)27-23(31)19-13-20(21(24)30)29(28-19)15-8-4-3-5-9-15/h3-11,14,18,20H,12-13H2,1-2H3,(H2,24,30)(H,25,26)(H,27,31). The van der Waals surface area contributed by atoms with Gasteiger partial charge in [0, 0.05) is 6.42 Å². The summed E-state index contributed by atoms with van der Waals surface area (Å²) < 4.78 is 0. The molecule has 1 aromatic heterocycles. The molecule has 0 aliphatic carbocycles. The van der Waals surface area contributed by atoms with Gasteiger partial charge in [-0.25, -0.2) is 4.98 Å². The van der Waals surface area contributed by atoms with E-state index in [4.69, 9.17) is 5.73 Å². The molecule has 0 saturated heterocycles. The van der Waals surface area contributed by atoms with Gasteiger partial charge in [-0.3, -0.25) is 14.6 Å². The number of aromatic nitrogens is 2. The van der Waals surface area contributed by atoms with Crippen molar-refractivity contribution in [2.75, 3.05) is 5.01 Å². The van der Waals surface area contributed by atoms with Gasteiger partial charge in [0.1, 0.15) is 17.6 Å². The predicted octanol–water partition coefficient (Wildman–Crippen LogP) is 2.89. The van der Waals surface area contributed by atoms with Crippen molar-refractivity contribution < 1.29 is 9.59 Å². The Balaban J connectivity index is 1.58. The molecule has 2 atom stereocenters. The number of benzene rings is 2. The fraction of sp³-hybridized carbons (Fsp3) is 0.304. The maximum Gasteiger partial charge on any atom is 0.268 e. The molecular weight excluding hydrogens is 392 g/mol. The molecule has 8 nitrogen and oxygen atoms in total. The Bertz CT molecular complexity index is 1090. The van der Waals surface area contributed by atoms with E-state index < -0.39 is 11.9 Å². The van der Waals surface area contributed by atoms with Gasteiger partial charge in [0.25, 0.3) is 5.91 Å². The van der Waals surface area contributed by atoms with E-state index in [-0.39, 0.29) is 24.1 Å². The number of H-pyrrole nitrogens is 1. The molecule has 0 spiro atoms. The summed E-state index contributed by atoms with van der Waals surface area (Å²) in [6.07, 6.45) is 0.866. The van der Waals surface area contributed by atoms with Crippen molar-refractivity contribution in [3.63, 3.8) is 0 Å². The number of amides is 2. The summed E-state index contributed by atoms with van der Waals surface area (Å²) in [7, 11) is 0. The molecule has 2 aromatic carbocycles. The number of carbonyl (C=O) groups excluding carboxylic acids is 2. The zero-order valence-corrected chi connectivity index (χ0v) is 17.6. The molecule has 1 aliphatic heterocycles. The van der Waals surface area contributed by atoms with Crippen LogP contribution in [0.25, 0.3) is 11.0 Å². The number of fused-ring (bicyclic) bond motifs is 1. The number of imidazole rings is 1. The average molecular weight is 419 g/mol. The fourth-order valence-electron chi connectivity index (χ4n) is 3.78. The molecular formula is C23H26N6O2. The Morgan fingerprint density at radius 3 is 2.55 bits per heavy atom. The number of nitrogens with two attached hydrogens (primary N) is 1. The molecule has 0 bridgehead atoms. The molecule has 31 heavy (non-hydrogen) atoms. The summed E-state index contributed by atoms with van der Waals surface area (Å²) >= 11 is 0. The third-order valence-electron chi connectivity index (χ3n) is 5.27. The lowest BCUT2D eigenvalue weighted by Crippen LogP contribution is -2.40. The first-order valence-electron chi connectivity index (χ1n) is 10.4. The van der Waals surface area contributed by atoms with Crippen LogP contribution in [-0.4, -0.2) is 33.5 Å². The molecule has 3 aromatic rings. The lowest BCUT2D eigenvalue weighted by atomic mass is 10.0. The first-order valence-corrected chi connectivity index (χ1v) is 10.4. The van der Waals surface area contributed by atoms with Crippen molar-refractivity contribution >= 4 is 34.2 Å². The van der Waals surface area contributed by atoms with Gasteiger partial charge >= 0.3 is 0 Å². The number of anilines is 1. The zero-order valence-electron chi connectivity index (χ0n) is 17.6. The Morgan fingerprint density at radius 2 is 1.87 bits per heavy atom. The summed E-state index contributed by atoms with van der Waals surface area (Å²) in [5.41, 5.74) is 8.35. The minimum atomic E-state index is -0.696. The number of aromatic amines is 1. The SMILES string of the molecule is CC(C)CC(NC(=O)C1=NN(c2ccccc2)C(C(N)=O)C1)c1nc2ccccc2[nH]1. The topological polar surface area (TPSA) is 116 Å². The van der Waals surface area contributed by atoms with E-state index in [1.54, 1.807) is 0 Å². The van der Waals surface area contributed by atoms with E-state index in [9.17, 15) is 9.59 Å². The Morgan fingerprint density at radius 1 is 1.16 bits per heavy atom. The van der Waals surface area contributed by atoms with Gasteiger partial charge in [-0.15, -0.1) is 0 Å². The Labute approximate surface area is 180 Å². The van der Waals surface area contributed by atoms with Crippen LogP contribution in [0.15, 0.2) is 59.7 Å². The van der Waals surface area contributed by atoms with Crippen LogP contribution in [0.3, 0.4) is 0 Å². The van der Waals surface area contributed by atoms with E-state index in [0.29, 0.717) is 23.9 Å². The monoisotopic (exact) mass is 418 g/mol. The lowest BCUT2D eigenvalue weighted by molar-refractivity contribution is -0.119. The summed E-state index contributed by atoms with van der Waals surface area (Å²) in [4.78, 5) is 33.1. The molecule has 2 unspecified atom stereocenters. The number of rotatable bonds is 7. The highest BCUT2D eigenvalue weighted by Crippen LogP contribution is 2.26. The molecule has 0 radical (unpaired) electrons. The highest BCUT2D eigenvalue weighted by Gasteiger charge is 2.35. The normalized spacial score (nSPS) is 17.1. The summed E-state index contributed by atoms with van der Waals surface area (Å²) in [5, 5.41) is 9.02. The molecule has 2 amide bonds. The highest BCUT2D eigenvalue weighted by atomic mass is 16.2. The van der Waals surface area contributed by atoms with Crippen LogP contribution in [0, 0.1) is 5.92 Å². The first kappa shape index (κ1) is 20.6. The minimum absolute atomic E-state index is 0.157. The second-order valence-electron chi connectivity index (χ2n) is 8.14. The maximum absolute atomic E-state index is 13.1. The van der Waals surface area contributed by atoms with Gasteiger partial charge < -0.3 is 16.0 Å². The second kappa shape index (κ2) is 8.59. The number of hydrazone groups is 1. The minimum Gasteiger partial charge on any atom is -0.368 e. The van der Waals surface area contributed by atoms with Crippen LogP contribution >= 0.6 is 0 Å². The number of hydrogen-bond donors (Lipinski definition) is 3. The van der Waals surface area contributed by atoms with Crippen LogP contribution in [0.5, 0.6) is 0 Å². The first-order chi connectivity index (χ1) is 14.9. The van der Waals surface area contributed by atoms with Gasteiger partial charge in [0.05, 0.1) is 22.8 Å². The van der Waals surface area contributed by atoms with E-state index in [0.717, 1.165) is 11.0 Å². The number of carbonyl (C=O) groups is 2. The summed E-state index contributed by atoms with van der Waals surface area (Å²) in [5.74, 6) is 0.193. The van der Waals surface area contributed by atoms with Crippen molar-refractivity contribution in [3.8, 4) is 0 Å². The quantitative estimate of drug-likeness (QED) is 0.547. The van der Waals surface area contributed by atoms with Gasteiger partial charge in [0.2, 0.25) is 5.91 Å². The second-order valence-corrected chi connectivity index (χ2v) is 8.14. The van der Waals surface area contributed by atoms with Crippen molar-refractivity contribution in [1.29, 1.82) is 0 Å². The van der Waals surface area contributed by atoms with Crippen molar-refractivity contribution in [1.82, 2.24) is 15.3 Å². The number of nitrogens with one attached hydrogen (secondary N) is 2. The molecule has 160 valence electrons. The van der Waals surface area contributed by atoms with Gasteiger partial charge in [0.15, 0.2) is 0 Å². The highest BCUT2D eigenvalue weighted by molar-refractivity contribution is 6.40. The van der Waals surface area contributed by atoms with Crippen LogP contribution in [-0.2, 0) is 9.59 Å². The largest absolute Gasteiger partial charge is 0.368 e. The number of nitrogens with zero attached hydrogens (tertiary/aromatic N) is 3. The van der Waals surface area contributed by atoms with Crippen LogP contribution in [0.2, 0.25) is 0 Å². The number of para-hydroxylation sites is 3. The van der Waals surface area contributed by atoms with Crippen LogP contribution < -0.4 is 16.1 Å². The molecule has 0 fully saturated rings. The Kier molecular flexibility index (Phi) is 5.70. The summed E-state index contributed by atoms with van der Waals surface area (Å²) in [6, 6.07) is 16.0. The third-order valence-corrected chi connectivity index (χ3v) is 5.27. The molecule has 0 saturated carbocycles. The number of primary amides is 1. The average Bonchev–Trinajstić information content (AvgIpc) is 3.38. The van der Waals surface area contributed by atoms with E-state index >= 15 is 0 Å². The molecule has 4 rings (SSSR count). The number of hydrogen-bond acceptors (Lipinski definition) is 5. The van der Waals surface area contributed by atoms with Gasteiger partial charge in [-0.2, -0.15) is 5.10 Å². The van der Waals surface area contributed by atoms with Gasteiger partial charge in [-0.1, -0.05) is 44.2 Å². The van der Waals surface area contributed by atoms with Crippen molar-refractivity contribution in [3.05, 3.63) is 60.4 Å². The van der Waals surface area contributed by atoms with Crippen LogP contribution in [0.4, 0.5) is 5.69 Å². The summed E-state index contributed by atoms with van der Waals surface area (Å²) in [6.45, 7) is 4.18. The Hall–Kier alpha value is -3.68. The van der Waals surface area contributed by atoms with E-state index in [2.05, 4.69) is 34.2 Å². The zero-order chi connectivity index (χ0) is 22.0. The fourth-order valence-corrected chi connectivity index (χ4v) is 3.78. The van der Waals surface area contributed by atoms with Crippen molar-refractivity contribution in [2.24, 2.45) is 16.8 Å². The van der Waals surface area contributed by atoms with Gasteiger partial charge in [-0.05, 0) is 36.6 Å². The third kappa shape index (κ3) is 4.42. The van der Waals surface area contributed by atoms with Crippen LogP contribution in [0.1, 0.15) is 38.6 Å². The maximum atomic E-state index is 13.1. The van der Waals surface area contributed by atoms with E-state index in [1.165, 1.54) is 5.01 Å². The predicted molar refractivity (Wildman–Crippen MR) is 120 cm³/mol. The molecule has 1 aliphatic rings. The molecule has 4 N–H and O–H groups in total. The van der Waals surface area contributed by atoms with Crippen molar-refractivity contribution in [2.45, 2.75) is 38.8 Å². The van der Waals surface area contributed by atoms with E-state index in [1.807, 2.05) is 54.6 Å². The lowest BCUT2D eigenvalue weighted by Gasteiger charge is -2.20. The molecule has 8 heteroatoms. The molecule has 2 heterocycles. The smallest absolute Gasteiger partial charge is 0.268 e.